The fraction of sp³-hybridized carbons (Fsp3) is 0.267. The maximum absolute atomic E-state index is 12.2. The van der Waals surface area contributed by atoms with Gasteiger partial charge in [-0.05, 0) is 24.6 Å². The van der Waals surface area contributed by atoms with Gasteiger partial charge in [0.25, 0.3) is 11.5 Å². The van der Waals surface area contributed by atoms with Crippen LogP contribution in [-0.2, 0) is 9.84 Å². The Bertz CT molecular complexity index is 890. The van der Waals surface area contributed by atoms with E-state index in [-0.39, 0.29) is 22.8 Å². The number of nitrogens with one attached hydrogen (secondary N) is 1. The van der Waals surface area contributed by atoms with Gasteiger partial charge in [0.1, 0.15) is 5.69 Å². The molecule has 0 bridgehead atoms. The lowest BCUT2D eigenvalue weighted by Crippen LogP contribution is -2.37. The number of sulfone groups is 1. The van der Waals surface area contributed by atoms with E-state index in [9.17, 15) is 18.0 Å². The maximum Gasteiger partial charge on any atom is 0.271 e. The van der Waals surface area contributed by atoms with Crippen molar-refractivity contribution >= 4 is 15.7 Å². The Morgan fingerprint density at radius 2 is 1.91 bits per heavy atom. The predicted octanol–water partition coefficient (Wildman–Crippen LogP) is 0.149. The van der Waals surface area contributed by atoms with Crippen LogP contribution in [0.25, 0.3) is 5.69 Å². The minimum atomic E-state index is -3.07. The van der Waals surface area contributed by atoms with Gasteiger partial charge in [0.05, 0.1) is 17.2 Å². The minimum absolute atomic E-state index is 0.0585. The van der Waals surface area contributed by atoms with Crippen LogP contribution in [-0.4, -0.2) is 41.7 Å². The zero-order valence-corrected chi connectivity index (χ0v) is 13.0. The Morgan fingerprint density at radius 1 is 1.17 bits per heavy atom. The first-order valence-corrected chi connectivity index (χ1v) is 8.94. The minimum Gasteiger partial charge on any atom is -0.347 e. The highest BCUT2D eigenvalue weighted by Gasteiger charge is 2.29. The van der Waals surface area contributed by atoms with Crippen molar-refractivity contribution in [3.05, 3.63) is 58.5 Å². The molecule has 7 nitrogen and oxygen atoms in total. The molecule has 8 heteroatoms. The van der Waals surface area contributed by atoms with Crippen molar-refractivity contribution in [2.75, 3.05) is 11.5 Å². The van der Waals surface area contributed by atoms with Gasteiger partial charge in [0.2, 0.25) is 0 Å². The van der Waals surface area contributed by atoms with E-state index >= 15 is 0 Å². The zero-order valence-electron chi connectivity index (χ0n) is 12.2. The summed E-state index contributed by atoms with van der Waals surface area (Å²) >= 11 is 0. The van der Waals surface area contributed by atoms with E-state index in [1.165, 1.54) is 12.1 Å². The van der Waals surface area contributed by atoms with E-state index in [4.69, 9.17) is 0 Å². The second kappa shape index (κ2) is 5.96. The van der Waals surface area contributed by atoms with E-state index in [0.29, 0.717) is 12.1 Å². The first kappa shape index (κ1) is 15.4. The standard InChI is InChI=1S/C15H15N3O4S/c19-14-7-6-13(17-18(14)12-4-2-1-3-5-12)15(20)16-11-8-9-23(21,22)10-11/h1-7,11H,8-10H2,(H,16,20)/t11-/m0/s1. The lowest BCUT2D eigenvalue weighted by molar-refractivity contribution is 0.0934. The highest BCUT2D eigenvalue weighted by molar-refractivity contribution is 7.91. The van der Waals surface area contributed by atoms with Gasteiger partial charge in [0.15, 0.2) is 9.84 Å². The third-order valence-electron chi connectivity index (χ3n) is 3.60. The molecule has 1 atom stereocenters. The first-order valence-electron chi connectivity index (χ1n) is 7.12. The Labute approximate surface area is 132 Å². The Balaban J connectivity index is 1.84. The molecule has 1 aromatic carbocycles. The van der Waals surface area contributed by atoms with Crippen LogP contribution in [0.2, 0.25) is 0 Å². The van der Waals surface area contributed by atoms with Gasteiger partial charge in [-0.2, -0.15) is 9.78 Å². The predicted molar refractivity (Wildman–Crippen MR) is 84.4 cm³/mol. The van der Waals surface area contributed by atoms with Crippen molar-refractivity contribution < 1.29 is 13.2 Å². The largest absolute Gasteiger partial charge is 0.347 e. The number of benzene rings is 1. The number of carbonyl (C=O) groups excluding carboxylic acids is 1. The second-order valence-electron chi connectivity index (χ2n) is 5.38. The molecule has 1 amide bonds. The first-order chi connectivity index (χ1) is 10.9. The Hall–Kier alpha value is -2.48. The number of aromatic nitrogens is 2. The average molecular weight is 333 g/mol. The van der Waals surface area contributed by atoms with Gasteiger partial charge in [-0.1, -0.05) is 18.2 Å². The second-order valence-corrected chi connectivity index (χ2v) is 7.61. The fourth-order valence-electron chi connectivity index (χ4n) is 2.45. The summed E-state index contributed by atoms with van der Waals surface area (Å²) in [6.07, 6.45) is 0.395. The number of para-hydroxylation sites is 1. The molecule has 0 aliphatic carbocycles. The highest BCUT2D eigenvalue weighted by Crippen LogP contribution is 2.12. The van der Waals surface area contributed by atoms with Crippen molar-refractivity contribution in [3.8, 4) is 5.69 Å². The van der Waals surface area contributed by atoms with Crippen LogP contribution in [0.3, 0.4) is 0 Å². The molecule has 2 aromatic rings. The summed E-state index contributed by atoms with van der Waals surface area (Å²) in [5.41, 5.74) is 0.268. The molecule has 1 aliphatic heterocycles. The van der Waals surface area contributed by atoms with E-state index in [0.717, 1.165) is 4.68 Å². The third kappa shape index (κ3) is 3.48. The number of hydrogen-bond acceptors (Lipinski definition) is 5. The zero-order chi connectivity index (χ0) is 16.4. The van der Waals surface area contributed by atoms with Gasteiger partial charge in [0, 0.05) is 12.1 Å². The van der Waals surface area contributed by atoms with E-state index < -0.39 is 21.8 Å². The highest BCUT2D eigenvalue weighted by atomic mass is 32.2. The monoisotopic (exact) mass is 333 g/mol. The molecule has 1 aromatic heterocycles. The number of amides is 1. The van der Waals surface area contributed by atoms with Crippen LogP contribution < -0.4 is 10.9 Å². The van der Waals surface area contributed by atoms with Crippen molar-refractivity contribution in [3.63, 3.8) is 0 Å². The summed E-state index contributed by atoms with van der Waals surface area (Å²) < 4.78 is 24.0. The van der Waals surface area contributed by atoms with Crippen molar-refractivity contribution in [2.45, 2.75) is 12.5 Å². The van der Waals surface area contributed by atoms with Gasteiger partial charge in [-0.15, -0.1) is 0 Å². The van der Waals surface area contributed by atoms with Gasteiger partial charge >= 0.3 is 0 Å². The summed E-state index contributed by atoms with van der Waals surface area (Å²) in [7, 11) is -3.07. The van der Waals surface area contributed by atoms with Crippen LogP contribution in [0.1, 0.15) is 16.9 Å². The third-order valence-corrected chi connectivity index (χ3v) is 5.37. The lowest BCUT2D eigenvalue weighted by Gasteiger charge is -2.11. The number of hydrogen-bond donors (Lipinski definition) is 1. The molecule has 1 saturated heterocycles. The summed E-state index contributed by atoms with van der Waals surface area (Å²) in [5.74, 6) is -0.469. The van der Waals surface area contributed by atoms with Crippen LogP contribution in [0.5, 0.6) is 0 Å². The average Bonchev–Trinajstić information content (AvgIpc) is 2.87. The van der Waals surface area contributed by atoms with E-state index in [1.54, 1.807) is 24.3 Å². The molecular weight excluding hydrogens is 318 g/mol. The quantitative estimate of drug-likeness (QED) is 0.862. The van der Waals surface area contributed by atoms with Gasteiger partial charge in [-0.25, -0.2) is 8.42 Å². The molecule has 1 aliphatic rings. The molecule has 0 radical (unpaired) electrons. The van der Waals surface area contributed by atoms with Crippen molar-refractivity contribution in [2.24, 2.45) is 0 Å². The normalized spacial score (nSPS) is 19.4. The number of carbonyl (C=O) groups is 1. The summed E-state index contributed by atoms with van der Waals surface area (Å²) in [4.78, 5) is 24.1. The van der Waals surface area contributed by atoms with E-state index in [2.05, 4.69) is 10.4 Å². The summed E-state index contributed by atoms with van der Waals surface area (Å²) in [6, 6.07) is 10.9. The van der Waals surface area contributed by atoms with Crippen LogP contribution >= 0.6 is 0 Å². The molecule has 1 fully saturated rings. The molecule has 3 rings (SSSR count). The molecule has 0 saturated carbocycles. The SMILES string of the molecule is O=C(N[C@H]1CCS(=O)(=O)C1)c1ccc(=O)n(-c2ccccc2)n1. The molecule has 0 spiro atoms. The van der Waals surface area contributed by atoms with Crippen molar-refractivity contribution in [1.82, 2.24) is 15.1 Å². The topological polar surface area (TPSA) is 98.1 Å². The van der Waals surface area contributed by atoms with Gasteiger partial charge in [-0.3, -0.25) is 9.59 Å². The van der Waals surface area contributed by atoms with E-state index in [1.807, 2.05) is 6.07 Å². The molecule has 2 heterocycles. The summed E-state index contributed by atoms with van der Waals surface area (Å²) in [6.45, 7) is 0. The van der Waals surface area contributed by atoms with Crippen LogP contribution in [0.4, 0.5) is 0 Å². The number of rotatable bonds is 3. The smallest absolute Gasteiger partial charge is 0.271 e. The lowest BCUT2D eigenvalue weighted by atomic mass is 10.2. The van der Waals surface area contributed by atoms with Gasteiger partial charge < -0.3 is 5.32 Å². The van der Waals surface area contributed by atoms with Crippen molar-refractivity contribution in [1.29, 1.82) is 0 Å². The maximum atomic E-state index is 12.2. The molecular formula is C15H15N3O4S. The number of nitrogens with zero attached hydrogens (tertiary/aromatic N) is 2. The Morgan fingerprint density at radius 3 is 2.57 bits per heavy atom. The van der Waals surface area contributed by atoms with Crippen LogP contribution in [0, 0.1) is 0 Å². The Kier molecular flexibility index (Phi) is 3.99. The summed E-state index contributed by atoms with van der Waals surface area (Å²) in [5, 5.41) is 6.72. The molecule has 0 unspecified atom stereocenters. The molecule has 1 N–H and O–H groups in total. The van der Waals surface area contributed by atoms with Crippen LogP contribution in [0.15, 0.2) is 47.3 Å². The fourth-order valence-corrected chi connectivity index (χ4v) is 4.13. The molecule has 23 heavy (non-hydrogen) atoms. The molecule has 120 valence electrons.